The second-order valence-electron chi connectivity index (χ2n) is 6.12. The molecule has 0 spiro atoms. The van der Waals surface area contributed by atoms with E-state index in [-0.39, 0.29) is 18.8 Å². The van der Waals surface area contributed by atoms with E-state index >= 15 is 0 Å². The van der Waals surface area contributed by atoms with Crippen LogP contribution in [0.1, 0.15) is 37.6 Å². The number of ether oxygens (including phenoxy) is 1. The number of aromatic carboxylic acids is 1. The van der Waals surface area contributed by atoms with Crippen LogP contribution in [0.2, 0.25) is 0 Å². The van der Waals surface area contributed by atoms with Gasteiger partial charge in [-0.3, -0.25) is 10.1 Å². The topological polar surface area (TPSA) is 131 Å². The summed E-state index contributed by atoms with van der Waals surface area (Å²) in [5, 5.41) is 24.9. The van der Waals surface area contributed by atoms with Gasteiger partial charge < -0.3 is 20.5 Å². The van der Waals surface area contributed by atoms with Gasteiger partial charge in [0, 0.05) is 13.1 Å². The number of nitrogens with one attached hydrogen (secondary N) is 2. The molecule has 0 saturated carbocycles. The molecule has 0 aliphatic carbocycles. The number of nitrogens with zero attached hydrogens (tertiary/aromatic N) is 1. The zero-order valence-corrected chi connectivity index (χ0v) is 14.1. The zero-order chi connectivity index (χ0) is 19.2. The van der Waals surface area contributed by atoms with Crippen molar-refractivity contribution in [3.8, 4) is 0 Å². The third kappa shape index (κ3) is 6.61. The lowest BCUT2D eigenvalue weighted by atomic mass is 10.1. The van der Waals surface area contributed by atoms with Crippen molar-refractivity contribution in [2.45, 2.75) is 32.8 Å². The van der Waals surface area contributed by atoms with E-state index in [1.165, 1.54) is 0 Å². The molecule has 9 nitrogen and oxygen atoms in total. The van der Waals surface area contributed by atoms with Gasteiger partial charge in [-0.15, -0.1) is 0 Å². The molecule has 0 aromatic heterocycles. The third-order valence-corrected chi connectivity index (χ3v) is 2.85. The first-order chi connectivity index (χ1) is 11.5. The molecule has 0 aliphatic rings. The minimum atomic E-state index is -1.53. The van der Waals surface area contributed by atoms with Crippen molar-refractivity contribution in [3.63, 3.8) is 0 Å². The molecule has 0 aliphatic heterocycles. The number of benzene rings is 1. The molecule has 0 heterocycles. The number of hydrogen-bond acceptors (Lipinski definition) is 6. The number of carbonyl (C=O) groups is 2. The number of alkyl carbamates (subject to hydrolysis) is 1. The summed E-state index contributed by atoms with van der Waals surface area (Å²) in [4.78, 5) is 32.3. The maximum Gasteiger partial charge on any atom is 0.407 e. The molecule has 25 heavy (non-hydrogen) atoms. The van der Waals surface area contributed by atoms with Crippen LogP contribution in [-0.2, 0) is 4.74 Å². The Balaban J connectivity index is 2.58. The average molecular weight is 357 g/mol. The molecule has 138 valence electrons. The fourth-order valence-electron chi connectivity index (χ4n) is 1.84. The summed E-state index contributed by atoms with van der Waals surface area (Å²) in [5.41, 5.74) is -2.21. The van der Waals surface area contributed by atoms with E-state index in [1.54, 1.807) is 20.8 Å². The second kappa shape index (κ2) is 8.27. The second-order valence-corrected chi connectivity index (χ2v) is 6.12. The molecule has 1 aromatic rings. The highest BCUT2D eigenvalue weighted by atomic mass is 19.1. The van der Waals surface area contributed by atoms with Crippen LogP contribution in [0.3, 0.4) is 0 Å². The molecule has 0 fully saturated rings. The molecule has 0 saturated heterocycles. The molecular weight excluding hydrogens is 337 g/mol. The number of carboxylic acid groups (broad SMARTS) is 1. The first kappa shape index (κ1) is 20.1. The molecule has 1 amide bonds. The summed E-state index contributed by atoms with van der Waals surface area (Å²) in [7, 11) is 0. The van der Waals surface area contributed by atoms with Crippen molar-refractivity contribution >= 4 is 23.4 Å². The first-order valence-electron chi connectivity index (χ1n) is 7.43. The lowest BCUT2D eigenvalue weighted by Gasteiger charge is -2.19. The largest absolute Gasteiger partial charge is 0.477 e. The number of amides is 1. The van der Waals surface area contributed by atoms with E-state index < -0.39 is 39.7 Å². The van der Waals surface area contributed by atoms with Gasteiger partial charge in [-0.05, 0) is 33.3 Å². The lowest BCUT2D eigenvalue weighted by molar-refractivity contribution is -0.385. The summed E-state index contributed by atoms with van der Waals surface area (Å²) in [6.07, 6.45) is -0.180. The smallest absolute Gasteiger partial charge is 0.407 e. The van der Waals surface area contributed by atoms with Crippen LogP contribution < -0.4 is 10.6 Å². The van der Waals surface area contributed by atoms with Crippen molar-refractivity contribution in [1.82, 2.24) is 5.32 Å². The van der Waals surface area contributed by atoms with Crippen molar-refractivity contribution in [3.05, 3.63) is 33.6 Å². The van der Waals surface area contributed by atoms with Gasteiger partial charge >= 0.3 is 12.1 Å². The molecule has 3 N–H and O–H groups in total. The number of carbonyl (C=O) groups excluding carboxylic acids is 1. The Bertz CT molecular complexity index is 672. The highest BCUT2D eigenvalue weighted by Gasteiger charge is 2.23. The zero-order valence-electron chi connectivity index (χ0n) is 14.1. The van der Waals surface area contributed by atoms with E-state index in [0.29, 0.717) is 12.5 Å². The maximum atomic E-state index is 13.8. The Labute approximate surface area is 143 Å². The maximum absolute atomic E-state index is 13.8. The third-order valence-electron chi connectivity index (χ3n) is 2.85. The van der Waals surface area contributed by atoms with Gasteiger partial charge in [-0.1, -0.05) is 0 Å². The Morgan fingerprint density at radius 2 is 1.96 bits per heavy atom. The number of rotatable bonds is 7. The molecule has 1 rings (SSSR count). The van der Waals surface area contributed by atoms with Crippen LogP contribution in [0.15, 0.2) is 12.1 Å². The van der Waals surface area contributed by atoms with E-state index in [4.69, 9.17) is 9.84 Å². The molecule has 1 aromatic carbocycles. The van der Waals surface area contributed by atoms with Gasteiger partial charge in [-0.25, -0.2) is 14.0 Å². The number of halogens is 1. The minimum absolute atomic E-state index is 0.166. The molecule has 0 atom stereocenters. The highest BCUT2D eigenvalue weighted by molar-refractivity contribution is 5.93. The van der Waals surface area contributed by atoms with Crippen molar-refractivity contribution in [2.75, 3.05) is 18.4 Å². The van der Waals surface area contributed by atoms with Crippen LogP contribution in [0.4, 0.5) is 20.6 Å². The number of carboxylic acids is 1. The Kier molecular flexibility index (Phi) is 6.66. The minimum Gasteiger partial charge on any atom is -0.477 e. The number of anilines is 1. The first-order valence-corrected chi connectivity index (χ1v) is 7.43. The predicted molar refractivity (Wildman–Crippen MR) is 87.4 cm³/mol. The monoisotopic (exact) mass is 357 g/mol. The normalized spacial score (nSPS) is 10.9. The molecular formula is C15H20FN3O6. The number of hydrogen-bond donors (Lipinski definition) is 3. The quantitative estimate of drug-likeness (QED) is 0.388. The van der Waals surface area contributed by atoms with Crippen molar-refractivity contribution in [1.29, 1.82) is 0 Å². The van der Waals surface area contributed by atoms with Crippen molar-refractivity contribution in [2.24, 2.45) is 0 Å². The fraction of sp³-hybridized carbons (Fsp3) is 0.467. The van der Waals surface area contributed by atoms with Gasteiger partial charge in [0.25, 0.3) is 5.69 Å². The Morgan fingerprint density at radius 1 is 1.32 bits per heavy atom. The molecule has 10 heteroatoms. The van der Waals surface area contributed by atoms with E-state index in [1.807, 2.05) is 0 Å². The Hall–Kier alpha value is -2.91. The molecule has 0 radical (unpaired) electrons. The van der Waals surface area contributed by atoms with Gasteiger partial charge in [0.1, 0.15) is 11.2 Å². The van der Waals surface area contributed by atoms with Crippen molar-refractivity contribution < 1.29 is 28.7 Å². The van der Waals surface area contributed by atoms with Crippen LogP contribution in [-0.4, -0.2) is 40.8 Å². The molecule has 0 bridgehead atoms. The SMILES string of the molecule is CC(C)(C)OC(=O)NCCCNc1cc(C(=O)O)c([N+](=O)[O-])cc1F. The highest BCUT2D eigenvalue weighted by Crippen LogP contribution is 2.26. The number of nitro groups is 1. The summed E-state index contributed by atoms with van der Waals surface area (Å²) in [5.74, 6) is -2.46. The van der Waals surface area contributed by atoms with Crippen LogP contribution in [0.5, 0.6) is 0 Å². The summed E-state index contributed by atoms with van der Waals surface area (Å²) in [6.45, 7) is 5.65. The lowest BCUT2D eigenvalue weighted by Crippen LogP contribution is -2.33. The van der Waals surface area contributed by atoms with Crippen LogP contribution in [0, 0.1) is 15.9 Å². The van der Waals surface area contributed by atoms with E-state index in [0.717, 1.165) is 6.07 Å². The van der Waals surface area contributed by atoms with Crippen LogP contribution in [0.25, 0.3) is 0 Å². The standard InChI is InChI=1S/C15H20FN3O6/c1-15(2,3)25-14(22)18-6-4-5-17-11-7-9(13(20)21)12(19(23)24)8-10(11)16/h7-8,17H,4-6H2,1-3H3,(H,18,22)(H,20,21). The average Bonchev–Trinajstić information content (AvgIpc) is 2.45. The van der Waals surface area contributed by atoms with Gasteiger partial charge in [0.05, 0.1) is 16.7 Å². The summed E-state index contributed by atoms with van der Waals surface area (Å²) in [6, 6.07) is 1.43. The van der Waals surface area contributed by atoms with Crippen LogP contribution >= 0.6 is 0 Å². The number of nitro benzene ring substituents is 1. The summed E-state index contributed by atoms with van der Waals surface area (Å²) >= 11 is 0. The van der Waals surface area contributed by atoms with Gasteiger partial charge in [0.2, 0.25) is 0 Å². The van der Waals surface area contributed by atoms with E-state index in [2.05, 4.69) is 10.6 Å². The predicted octanol–water partition coefficient (Wildman–Crippen LogP) is 2.76. The van der Waals surface area contributed by atoms with E-state index in [9.17, 15) is 24.1 Å². The van der Waals surface area contributed by atoms with Gasteiger partial charge in [-0.2, -0.15) is 0 Å². The van der Waals surface area contributed by atoms with Gasteiger partial charge in [0.15, 0.2) is 5.82 Å². The molecule has 0 unspecified atom stereocenters. The Morgan fingerprint density at radius 3 is 2.48 bits per heavy atom. The fourth-order valence-corrected chi connectivity index (χ4v) is 1.84. The summed E-state index contributed by atoms with van der Waals surface area (Å²) < 4.78 is 18.9.